The molecule has 7 heteroatoms. The standard InChI is InChI=1S/C27H31FN2O4/c1-2-24(27(32)29-12-14-33-15-13-29)34-22-9-8-18-10-11-30(26(31)19-6-7-19)25(23(18)17-22)20-4-3-5-21(28)16-20/h3-5,8-9,16-17,19,24-25H,2,6-7,10-15H2,1H3/t24-,25-/m0/s1. The molecule has 2 heterocycles. The highest BCUT2D eigenvalue weighted by molar-refractivity contribution is 5.82. The molecule has 0 unspecified atom stereocenters. The number of fused-ring (bicyclic) bond motifs is 1. The summed E-state index contributed by atoms with van der Waals surface area (Å²) in [7, 11) is 0. The first kappa shape index (κ1) is 22.8. The van der Waals surface area contributed by atoms with E-state index in [0.717, 1.165) is 36.0 Å². The normalized spacial score (nSPS) is 21.1. The number of hydrogen-bond donors (Lipinski definition) is 0. The third kappa shape index (κ3) is 4.67. The van der Waals surface area contributed by atoms with Gasteiger partial charge in [0.15, 0.2) is 6.10 Å². The highest BCUT2D eigenvalue weighted by atomic mass is 19.1. The average molecular weight is 467 g/mol. The van der Waals surface area contributed by atoms with E-state index >= 15 is 0 Å². The Morgan fingerprint density at radius 3 is 2.62 bits per heavy atom. The first-order valence-corrected chi connectivity index (χ1v) is 12.3. The third-order valence-corrected chi connectivity index (χ3v) is 6.97. The first-order chi connectivity index (χ1) is 16.5. The maximum absolute atomic E-state index is 14.2. The van der Waals surface area contributed by atoms with Crippen LogP contribution in [0.2, 0.25) is 0 Å². The van der Waals surface area contributed by atoms with Gasteiger partial charge >= 0.3 is 0 Å². The van der Waals surface area contributed by atoms with Gasteiger partial charge in [-0.05, 0) is 66.6 Å². The highest BCUT2D eigenvalue weighted by Gasteiger charge is 2.40. The molecule has 0 N–H and O–H groups in total. The van der Waals surface area contributed by atoms with Crippen LogP contribution in [0, 0.1) is 11.7 Å². The number of carbonyl (C=O) groups excluding carboxylic acids is 2. The zero-order valence-corrected chi connectivity index (χ0v) is 19.5. The summed E-state index contributed by atoms with van der Waals surface area (Å²) < 4.78 is 25.7. The van der Waals surface area contributed by atoms with E-state index in [0.29, 0.717) is 45.0 Å². The summed E-state index contributed by atoms with van der Waals surface area (Å²) >= 11 is 0. The zero-order chi connectivity index (χ0) is 23.7. The molecule has 2 aromatic rings. The molecule has 1 saturated carbocycles. The van der Waals surface area contributed by atoms with Crippen LogP contribution in [0.4, 0.5) is 4.39 Å². The van der Waals surface area contributed by atoms with Gasteiger partial charge in [-0.15, -0.1) is 0 Å². The van der Waals surface area contributed by atoms with Crippen LogP contribution in [0.3, 0.4) is 0 Å². The number of rotatable bonds is 6. The second-order valence-corrected chi connectivity index (χ2v) is 9.33. The SMILES string of the molecule is CC[C@H](Oc1ccc2c(c1)[C@H](c1cccc(F)c1)N(C(=O)C1CC1)CC2)C(=O)N1CCOCC1. The Labute approximate surface area is 199 Å². The second-order valence-electron chi connectivity index (χ2n) is 9.33. The molecule has 0 bridgehead atoms. The fourth-order valence-corrected chi connectivity index (χ4v) is 4.96. The van der Waals surface area contributed by atoms with Crippen molar-refractivity contribution in [3.63, 3.8) is 0 Å². The van der Waals surface area contributed by atoms with Crippen molar-refractivity contribution in [3.05, 3.63) is 65.0 Å². The van der Waals surface area contributed by atoms with E-state index in [1.165, 1.54) is 12.1 Å². The van der Waals surface area contributed by atoms with Crippen molar-refractivity contribution < 1.29 is 23.5 Å². The molecule has 0 aromatic heterocycles. The van der Waals surface area contributed by atoms with Crippen LogP contribution in [0.5, 0.6) is 5.75 Å². The van der Waals surface area contributed by atoms with Crippen molar-refractivity contribution in [2.24, 2.45) is 5.92 Å². The molecule has 34 heavy (non-hydrogen) atoms. The fourth-order valence-electron chi connectivity index (χ4n) is 4.96. The van der Waals surface area contributed by atoms with E-state index in [4.69, 9.17) is 9.47 Å². The topological polar surface area (TPSA) is 59.1 Å². The molecule has 1 saturated heterocycles. The maximum Gasteiger partial charge on any atom is 0.263 e. The number of morpholine rings is 1. The minimum absolute atomic E-state index is 0.0317. The second kappa shape index (κ2) is 9.74. The van der Waals surface area contributed by atoms with Gasteiger partial charge in [0, 0.05) is 25.6 Å². The van der Waals surface area contributed by atoms with E-state index in [1.54, 1.807) is 11.0 Å². The fraction of sp³-hybridized carbons (Fsp3) is 0.481. The summed E-state index contributed by atoms with van der Waals surface area (Å²) in [6.45, 7) is 4.78. The lowest BCUT2D eigenvalue weighted by molar-refractivity contribution is -0.143. The summed E-state index contributed by atoms with van der Waals surface area (Å²) in [5.74, 6) is 0.455. The van der Waals surface area contributed by atoms with Crippen LogP contribution in [-0.4, -0.2) is 60.6 Å². The molecule has 1 aliphatic carbocycles. The molecule has 2 fully saturated rings. The van der Waals surface area contributed by atoms with Gasteiger partial charge < -0.3 is 19.3 Å². The number of amides is 2. The maximum atomic E-state index is 14.2. The van der Waals surface area contributed by atoms with Gasteiger partial charge in [-0.3, -0.25) is 9.59 Å². The number of ether oxygens (including phenoxy) is 2. The van der Waals surface area contributed by atoms with Gasteiger partial charge in [0.25, 0.3) is 5.91 Å². The summed E-state index contributed by atoms with van der Waals surface area (Å²) in [5, 5.41) is 0. The van der Waals surface area contributed by atoms with Crippen molar-refractivity contribution in [1.82, 2.24) is 9.80 Å². The van der Waals surface area contributed by atoms with Gasteiger partial charge in [0.1, 0.15) is 11.6 Å². The van der Waals surface area contributed by atoms with Crippen molar-refractivity contribution in [2.45, 2.75) is 44.8 Å². The predicted octanol–water partition coefficient (Wildman–Crippen LogP) is 3.73. The van der Waals surface area contributed by atoms with E-state index in [9.17, 15) is 14.0 Å². The molecule has 3 aliphatic rings. The molecule has 2 aromatic carbocycles. The lowest BCUT2D eigenvalue weighted by Gasteiger charge is -2.38. The smallest absolute Gasteiger partial charge is 0.263 e. The van der Waals surface area contributed by atoms with Gasteiger partial charge in [-0.25, -0.2) is 4.39 Å². The van der Waals surface area contributed by atoms with Crippen molar-refractivity contribution >= 4 is 11.8 Å². The number of hydrogen-bond acceptors (Lipinski definition) is 4. The first-order valence-electron chi connectivity index (χ1n) is 12.3. The Bertz CT molecular complexity index is 1060. The Hall–Kier alpha value is -2.93. The van der Waals surface area contributed by atoms with E-state index < -0.39 is 6.10 Å². The van der Waals surface area contributed by atoms with Crippen molar-refractivity contribution in [3.8, 4) is 5.75 Å². The van der Waals surface area contributed by atoms with Crippen LogP contribution in [0.15, 0.2) is 42.5 Å². The Kier molecular flexibility index (Phi) is 6.55. The summed E-state index contributed by atoms with van der Waals surface area (Å²) in [4.78, 5) is 29.9. The molecule has 0 spiro atoms. The Balaban J connectivity index is 1.45. The van der Waals surface area contributed by atoms with Crippen LogP contribution in [-0.2, 0) is 20.7 Å². The van der Waals surface area contributed by atoms with Crippen molar-refractivity contribution in [1.29, 1.82) is 0 Å². The number of carbonyl (C=O) groups is 2. The Morgan fingerprint density at radius 2 is 1.91 bits per heavy atom. The largest absolute Gasteiger partial charge is 0.481 e. The van der Waals surface area contributed by atoms with Crippen LogP contribution < -0.4 is 4.74 Å². The molecule has 2 amide bonds. The number of nitrogens with zero attached hydrogens (tertiary/aromatic N) is 2. The number of halogens is 1. The molecule has 5 rings (SSSR count). The average Bonchev–Trinajstić information content (AvgIpc) is 3.72. The molecular weight excluding hydrogens is 435 g/mol. The third-order valence-electron chi connectivity index (χ3n) is 6.97. The van der Waals surface area contributed by atoms with E-state index in [2.05, 4.69) is 0 Å². The zero-order valence-electron chi connectivity index (χ0n) is 19.5. The summed E-state index contributed by atoms with van der Waals surface area (Å²) in [5.41, 5.74) is 2.81. The number of benzene rings is 2. The predicted molar refractivity (Wildman–Crippen MR) is 125 cm³/mol. The molecule has 2 aliphatic heterocycles. The van der Waals surface area contributed by atoms with E-state index in [-0.39, 0.29) is 29.6 Å². The van der Waals surface area contributed by atoms with Crippen LogP contribution in [0.25, 0.3) is 0 Å². The molecule has 6 nitrogen and oxygen atoms in total. The lowest BCUT2D eigenvalue weighted by Crippen LogP contribution is -2.47. The minimum atomic E-state index is -0.587. The quantitative estimate of drug-likeness (QED) is 0.651. The highest BCUT2D eigenvalue weighted by Crippen LogP contribution is 2.41. The van der Waals surface area contributed by atoms with Gasteiger partial charge in [-0.1, -0.05) is 25.1 Å². The molecule has 0 radical (unpaired) electrons. The summed E-state index contributed by atoms with van der Waals surface area (Å²) in [6.07, 6.45) is 2.54. The summed E-state index contributed by atoms with van der Waals surface area (Å²) in [6, 6.07) is 12.0. The lowest BCUT2D eigenvalue weighted by atomic mass is 9.87. The van der Waals surface area contributed by atoms with Crippen molar-refractivity contribution in [2.75, 3.05) is 32.8 Å². The molecule has 2 atom stereocenters. The van der Waals surface area contributed by atoms with Gasteiger partial charge in [0.2, 0.25) is 5.91 Å². The Morgan fingerprint density at radius 1 is 1.12 bits per heavy atom. The van der Waals surface area contributed by atoms with Gasteiger partial charge in [-0.2, -0.15) is 0 Å². The monoisotopic (exact) mass is 466 g/mol. The van der Waals surface area contributed by atoms with E-state index in [1.807, 2.05) is 36.1 Å². The molecular formula is C27H31FN2O4. The van der Waals surface area contributed by atoms with Crippen LogP contribution >= 0.6 is 0 Å². The van der Waals surface area contributed by atoms with Crippen LogP contribution in [0.1, 0.15) is 48.9 Å². The van der Waals surface area contributed by atoms with Gasteiger partial charge in [0.05, 0.1) is 19.3 Å². The molecule has 180 valence electrons. The minimum Gasteiger partial charge on any atom is -0.481 e.